The lowest BCUT2D eigenvalue weighted by Crippen LogP contribution is -2.46. The first-order chi connectivity index (χ1) is 9.83. The van der Waals surface area contributed by atoms with Gasteiger partial charge in [0.25, 0.3) is 0 Å². The standard InChI is InChI=1S/C15H22N2O2S2/c1-11-6-5-9-17(12(11)2)21(18,19)10-13-7-3-4-8-14(13)15(16)20/h3-4,7-8,11-12H,5-6,9-10H2,1-2H3,(H2,16,20). The number of nitrogens with two attached hydrogens (primary N) is 1. The van der Waals surface area contributed by atoms with Gasteiger partial charge in [0.2, 0.25) is 10.0 Å². The van der Waals surface area contributed by atoms with Crippen molar-refractivity contribution in [3.63, 3.8) is 0 Å². The van der Waals surface area contributed by atoms with E-state index in [-0.39, 0.29) is 16.8 Å². The predicted octanol–water partition coefficient (Wildman–Crippen LogP) is 2.27. The molecule has 0 aromatic heterocycles. The zero-order chi connectivity index (χ0) is 15.6. The average Bonchev–Trinajstić information content (AvgIpc) is 2.41. The molecule has 2 N–H and O–H groups in total. The third-order valence-electron chi connectivity index (χ3n) is 4.29. The van der Waals surface area contributed by atoms with Crippen molar-refractivity contribution in [1.82, 2.24) is 4.31 Å². The lowest BCUT2D eigenvalue weighted by Gasteiger charge is -2.36. The van der Waals surface area contributed by atoms with Gasteiger partial charge in [-0.3, -0.25) is 0 Å². The molecular formula is C15H22N2O2S2. The van der Waals surface area contributed by atoms with Crippen LogP contribution in [0.1, 0.15) is 37.8 Å². The number of thiocarbonyl (C=S) groups is 1. The summed E-state index contributed by atoms with van der Waals surface area (Å²) in [7, 11) is -3.36. The molecule has 116 valence electrons. The fraction of sp³-hybridized carbons (Fsp3) is 0.533. The van der Waals surface area contributed by atoms with Crippen molar-refractivity contribution in [3.8, 4) is 0 Å². The first-order valence-electron chi connectivity index (χ1n) is 7.20. The Hall–Kier alpha value is -0.980. The molecule has 4 nitrogen and oxygen atoms in total. The summed E-state index contributed by atoms with van der Waals surface area (Å²) in [4.78, 5) is 0.237. The molecule has 2 rings (SSSR count). The van der Waals surface area contributed by atoms with Gasteiger partial charge in [0, 0.05) is 18.2 Å². The van der Waals surface area contributed by atoms with Crippen LogP contribution in [-0.4, -0.2) is 30.3 Å². The maximum atomic E-state index is 12.7. The van der Waals surface area contributed by atoms with Crippen LogP contribution >= 0.6 is 12.2 Å². The number of rotatable bonds is 4. The van der Waals surface area contributed by atoms with Gasteiger partial charge in [-0.05, 0) is 31.2 Å². The van der Waals surface area contributed by atoms with Crippen LogP contribution in [0.5, 0.6) is 0 Å². The Morgan fingerprint density at radius 1 is 1.38 bits per heavy atom. The zero-order valence-corrected chi connectivity index (χ0v) is 14.1. The number of nitrogens with zero attached hydrogens (tertiary/aromatic N) is 1. The number of sulfonamides is 1. The molecule has 0 radical (unpaired) electrons. The Kier molecular flexibility index (Phi) is 5.01. The average molecular weight is 326 g/mol. The van der Waals surface area contributed by atoms with Crippen LogP contribution in [-0.2, 0) is 15.8 Å². The second-order valence-corrected chi connectivity index (χ2v) is 8.11. The van der Waals surface area contributed by atoms with Crippen molar-refractivity contribution in [2.75, 3.05) is 6.54 Å². The van der Waals surface area contributed by atoms with E-state index < -0.39 is 10.0 Å². The van der Waals surface area contributed by atoms with Crippen molar-refractivity contribution < 1.29 is 8.42 Å². The van der Waals surface area contributed by atoms with E-state index in [2.05, 4.69) is 6.92 Å². The third-order valence-corrected chi connectivity index (χ3v) is 6.42. The van der Waals surface area contributed by atoms with Gasteiger partial charge in [-0.1, -0.05) is 43.4 Å². The highest BCUT2D eigenvalue weighted by Crippen LogP contribution is 2.27. The van der Waals surface area contributed by atoms with Crippen molar-refractivity contribution >= 4 is 27.2 Å². The molecule has 1 heterocycles. The highest BCUT2D eigenvalue weighted by Gasteiger charge is 2.33. The smallest absolute Gasteiger partial charge is 0.218 e. The van der Waals surface area contributed by atoms with Crippen LogP contribution in [0.4, 0.5) is 0 Å². The molecule has 21 heavy (non-hydrogen) atoms. The van der Waals surface area contributed by atoms with Gasteiger partial charge in [0.15, 0.2) is 0 Å². The van der Waals surface area contributed by atoms with E-state index in [1.807, 2.05) is 19.1 Å². The molecule has 0 saturated carbocycles. The summed E-state index contributed by atoms with van der Waals surface area (Å²) < 4.78 is 27.1. The van der Waals surface area contributed by atoms with Crippen molar-refractivity contribution in [1.29, 1.82) is 0 Å². The minimum absolute atomic E-state index is 0.0424. The Morgan fingerprint density at radius 3 is 2.71 bits per heavy atom. The molecule has 0 aliphatic carbocycles. The molecule has 2 atom stereocenters. The summed E-state index contributed by atoms with van der Waals surface area (Å²) >= 11 is 5.01. The molecule has 0 amide bonds. The molecule has 6 heteroatoms. The van der Waals surface area contributed by atoms with Crippen molar-refractivity contribution in [2.24, 2.45) is 11.7 Å². The number of piperidine rings is 1. The van der Waals surface area contributed by atoms with Crippen molar-refractivity contribution in [2.45, 2.75) is 38.5 Å². The lowest BCUT2D eigenvalue weighted by molar-refractivity contribution is 0.202. The van der Waals surface area contributed by atoms with Gasteiger partial charge < -0.3 is 5.73 Å². The summed E-state index contributed by atoms with van der Waals surface area (Å²) in [5.74, 6) is 0.344. The quantitative estimate of drug-likeness (QED) is 0.862. The van der Waals surface area contributed by atoms with Gasteiger partial charge in [0.1, 0.15) is 4.99 Å². The largest absolute Gasteiger partial charge is 0.389 e. The Morgan fingerprint density at radius 2 is 2.05 bits per heavy atom. The summed E-state index contributed by atoms with van der Waals surface area (Å²) in [6.45, 7) is 4.69. The van der Waals surface area contributed by atoms with E-state index in [1.165, 1.54) is 0 Å². The molecule has 1 aliphatic rings. The summed E-state index contributed by atoms with van der Waals surface area (Å²) in [6.07, 6.45) is 2.00. The summed E-state index contributed by atoms with van der Waals surface area (Å²) in [5.41, 5.74) is 7.01. The van der Waals surface area contributed by atoms with E-state index in [4.69, 9.17) is 18.0 Å². The molecule has 1 aliphatic heterocycles. The maximum Gasteiger partial charge on any atom is 0.218 e. The Labute approximate surface area is 132 Å². The molecule has 1 aromatic carbocycles. The van der Waals surface area contributed by atoms with E-state index >= 15 is 0 Å². The van der Waals surface area contributed by atoms with Crippen LogP contribution in [0.3, 0.4) is 0 Å². The molecule has 1 aromatic rings. The second kappa shape index (κ2) is 6.42. The number of benzene rings is 1. The Balaban J connectivity index is 2.28. The van der Waals surface area contributed by atoms with Crippen LogP contribution in [0.15, 0.2) is 24.3 Å². The molecule has 1 saturated heterocycles. The van der Waals surface area contributed by atoms with E-state index in [0.717, 1.165) is 12.8 Å². The topological polar surface area (TPSA) is 63.4 Å². The monoisotopic (exact) mass is 326 g/mol. The second-order valence-electron chi connectivity index (χ2n) is 5.75. The van der Waals surface area contributed by atoms with E-state index in [1.54, 1.807) is 16.4 Å². The fourth-order valence-electron chi connectivity index (χ4n) is 2.86. The van der Waals surface area contributed by atoms with E-state index in [9.17, 15) is 8.42 Å². The van der Waals surface area contributed by atoms with Gasteiger partial charge in [0.05, 0.1) is 5.75 Å². The minimum Gasteiger partial charge on any atom is -0.389 e. The Bertz CT molecular complexity index is 628. The zero-order valence-electron chi connectivity index (χ0n) is 12.5. The highest BCUT2D eigenvalue weighted by atomic mass is 32.2. The normalized spacial score (nSPS) is 23.9. The molecule has 0 spiro atoms. The maximum absolute atomic E-state index is 12.7. The fourth-order valence-corrected chi connectivity index (χ4v) is 4.99. The first-order valence-corrected chi connectivity index (χ1v) is 9.22. The van der Waals surface area contributed by atoms with Gasteiger partial charge >= 0.3 is 0 Å². The third kappa shape index (κ3) is 3.62. The first kappa shape index (κ1) is 16.4. The number of hydrogen-bond donors (Lipinski definition) is 1. The summed E-state index contributed by atoms with van der Waals surface area (Å²) in [6, 6.07) is 7.23. The van der Waals surface area contributed by atoms with Gasteiger partial charge in [-0.15, -0.1) is 0 Å². The molecular weight excluding hydrogens is 304 g/mol. The SMILES string of the molecule is CC1CCCN(S(=O)(=O)Cc2ccccc2C(N)=S)C1C. The highest BCUT2D eigenvalue weighted by molar-refractivity contribution is 7.88. The van der Waals surface area contributed by atoms with Crippen molar-refractivity contribution in [3.05, 3.63) is 35.4 Å². The van der Waals surface area contributed by atoms with E-state index in [0.29, 0.717) is 23.6 Å². The predicted molar refractivity (Wildman–Crippen MR) is 89.5 cm³/mol. The summed E-state index contributed by atoms with van der Waals surface area (Å²) in [5, 5.41) is 0. The molecule has 0 bridgehead atoms. The van der Waals surface area contributed by atoms with Gasteiger partial charge in [-0.25, -0.2) is 8.42 Å². The molecule has 2 unspecified atom stereocenters. The number of hydrogen-bond acceptors (Lipinski definition) is 3. The minimum atomic E-state index is -3.36. The van der Waals surface area contributed by atoms with Gasteiger partial charge in [-0.2, -0.15) is 4.31 Å². The lowest BCUT2D eigenvalue weighted by atomic mass is 9.94. The van der Waals surface area contributed by atoms with Crippen LogP contribution < -0.4 is 5.73 Å². The van der Waals surface area contributed by atoms with Crippen LogP contribution in [0.2, 0.25) is 0 Å². The van der Waals surface area contributed by atoms with Crippen LogP contribution in [0.25, 0.3) is 0 Å². The molecule has 1 fully saturated rings. The van der Waals surface area contributed by atoms with Crippen LogP contribution in [0, 0.1) is 5.92 Å².